The van der Waals surface area contributed by atoms with Crippen LogP contribution in [0.5, 0.6) is 11.5 Å². The Balaban J connectivity index is 1.48. The molecule has 0 unspecified atom stereocenters. The average Bonchev–Trinajstić information content (AvgIpc) is 2.97. The first-order valence-electron chi connectivity index (χ1n) is 12.9. The molecule has 1 N–H and O–H groups in total. The average molecular weight is 576 g/mol. The molecular weight excluding hydrogens is 545 g/mol. The van der Waals surface area contributed by atoms with Crippen LogP contribution in [-0.4, -0.2) is 33.7 Å². The fourth-order valence-electron chi connectivity index (χ4n) is 3.86. The smallest absolute Gasteiger partial charge is 0.264 e. The van der Waals surface area contributed by atoms with Gasteiger partial charge in [0.15, 0.2) is 11.5 Å². The topological polar surface area (TPSA) is 97.3 Å². The Labute approximate surface area is 239 Å². The van der Waals surface area contributed by atoms with Crippen molar-refractivity contribution in [2.45, 2.75) is 25.3 Å². The molecule has 10 heteroatoms. The lowest BCUT2D eigenvalue weighted by Gasteiger charge is -2.24. The second-order valence-electron chi connectivity index (χ2n) is 8.98. The third-order valence-electron chi connectivity index (χ3n) is 5.92. The normalized spacial score (nSPS) is 11.3. The van der Waals surface area contributed by atoms with Crippen molar-refractivity contribution in [3.63, 3.8) is 0 Å². The number of anilines is 1. The second-order valence-corrected chi connectivity index (χ2v) is 10.8. The van der Waals surface area contributed by atoms with E-state index in [4.69, 9.17) is 9.47 Å². The SMILES string of the molecule is CCOc1cc(/C=N\NC(=O)CN(c2ccccc2F)S(=O)(=O)c2ccc(C)cc2)ccc1OCc1ccccc1. The van der Waals surface area contributed by atoms with E-state index >= 15 is 0 Å². The van der Waals surface area contributed by atoms with Crippen LogP contribution in [0.3, 0.4) is 0 Å². The van der Waals surface area contributed by atoms with E-state index in [1.165, 1.54) is 36.5 Å². The van der Waals surface area contributed by atoms with Crippen molar-refractivity contribution in [2.75, 3.05) is 17.5 Å². The van der Waals surface area contributed by atoms with Gasteiger partial charge in [0.25, 0.3) is 15.9 Å². The largest absolute Gasteiger partial charge is 0.490 e. The highest BCUT2D eigenvalue weighted by Gasteiger charge is 2.29. The summed E-state index contributed by atoms with van der Waals surface area (Å²) in [7, 11) is -4.26. The zero-order valence-electron chi connectivity index (χ0n) is 22.7. The Morgan fingerprint density at radius 3 is 2.34 bits per heavy atom. The van der Waals surface area contributed by atoms with Gasteiger partial charge in [0.2, 0.25) is 0 Å². The molecule has 0 fully saturated rings. The van der Waals surface area contributed by atoms with Crippen LogP contribution >= 0.6 is 0 Å². The minimum absolute atomic E-state index is 0.0688. The molecule has 0 aromatic heterocycles. The predicted molar refractivity (Wildman–Crippen MR) is 156 cm³/mol. The number of carbonyl (C=O) groups is 1. The number of ether oxygens (including phenoxy) is 2. The number of nitrogens with one attached hydrogen (secondary N) is 1. The van der Waals surface area contributed by atoms with E-state index in [-0.39, 0.29) is 10.6 Å². The minimum atomic E-state index is -4.26. The molecule has 8 nitrogen and oxygen atoms in total. The Morgan fingerprint density at radius 2 is 1.63 bits per heavy atom. The lowest BCUT2D eigenvalue weighted by molar-refractivity contribution is -0.119. The summed E-state index contributed by atoms with van der Waals surface area (Å²) in [5.74, 6) is -0.474. The zero-order chi connectivity index (χ0) is 29.2. The van der Waals surface area contributed by atoms with Crippen molar-refractivity contribution in [1.29, 1.82) is 0 Å². The Bertz CT molecular complexity index is 1610. The van der Waals surface area contributed by atoms with Crippen LogP contribution in [0.2, 0.25) is 0 Å². The first-order chi connectivity index (χ1) is 19.8. The summed E-state index contributed by atoms with van der Waals surface area (Å²) in [6.07, 6.45) is 1.39. The number of rotatable bonds is 12. The summed E-state index contributed by atoms with van der Waals surface area (Å²) in [6, 6.07) is 26.4. The number of hydrogen-bond donors (Lipinski definition) is 1. The molecule has 4 aromatic carbocycles. The van der Waals surface area contributed by atoms with Gasteiger partial charge in [0.1, 0.15) is 19.0 Å². The van der Waals surface area contributed by atoms with Gasteiger partial charge >= 0.3 is 0 Å². The van der Waals surface area contributed by atoms with Crippen molar-refractivity contribution in [2.24, 2.45) is 5.10 Å². The summed E-state index contributed by atoms with van der Waals surface area (Å²) in [4.78, 5) is 12.7. The van der Waals surface area contributed by atoms with E-state index in [0.29, 0.717) is 30.3 Å². The van der Waals surface area contributed by atoms with E-state index < -0.39 is 28.3 Å². The summed E-state index contributed by atoms with van der Waals surface area (Å²) in [6.45, 7) is 3.77. The van der Waals surface area contributed by atoms with E-state index in [9.17, 15) is 17.6 Å². The third kappa shape index (κ3) is 7.70. The highest BCUT2D eigenvalue weighted by molar-refractivity contribution is 7.92. The lowest BCUT2D eigenvalue weighted by Crippen LogP contribution is -2.40. The van der Waals surface area contributed by atoms with E-state index in [1.807, 2.05) is 44.2 Å². The van der Waals surface area contributed by atoms with Crippen LogP contribution in [0.1, 0.15) is 23.6 Å². The maximum atomic E-state index is 14.7. The van der Waals surface area contributed by atoms with E-state index in [2.05, 4.69) is 10.5 Å². The Morgan fingerprint density at radius 1 is 0.927 bits per heavy atom. The number of sulfonamides is 1. The highest BCUT2D eigenvalue weighted by Crippen LogP contribution is 2.29. The lowest BCUT2D eigenvalue weighted by atomic mass is 10.2. The van der Waals surface area contributed by atoms with Crippen molar-refractivity contribution in [1.82, 2.24) is 5.43 Å². The quantitative estimate of drug-likeness (QED) is 0.179. The van der Waals surface area contributed by atoms with Gasteiger partial charge in [-0.25, -0.2) is 18.2 Å². The number of halogens is 1. The number of benzene rings is 4. The number of hydrazone groups is 1. The molecule has 212 valence electrons. The van der Waals surface area contributed by atoms with Crippen LogP contribution < -0.4 is 19.2 Å². The van der Waals surface area contributed by atoms with Crippen molar-refractivity contribution >= 4 is 27.8 Å². The molecule has 0 bridgehead atoms. The Kier molecular flexibility index (Phi) is 9.70. The third-order valence-corrected chi connectivity index (χ3v) is 7.70. The summed E-state index contributed by atoms with van der Waals surface area (Å²) in [5, 5.41) is 3.97. The molecule has 4 rings (SSSR count). The van der Waals surface area contributed by atoms with Gasteiger partial charge in [-0.15, -0.1) is 0 Å². The maximum Gasteiger partial charge on any atom is 0.264 e. The van der Waals surface area contributed by atoms with Gasteiger partial charge < -0.3 is 9.47 Å². The van der Waals surface area contributed by atoms with Crippen LogP contribution in [0.4, 0.5) is 10.1 Å². The van der Waals surface area contributed by atoms with Gasteiger partial charge in [-0.05, 0) is 67.4 Å². The van der Waals surface area contributed by atoms with Gasteiger partial charge in [-0.1, -0.05) is 60.2 Å². The molecule has 0 aliphatic heterocycles. The number of para-hydroxylation sites is 1. The van der Waals surface area contributed by atoms with E-state index in [1.54, 1.807) is 30.3 Å². The molecule has 4 aromatic rings. The molecular formula is C31H30FN3O5S. The van der Waals surface area contributed by atoms with Crippen molar-refractivity contribution in [3.8, 4) is 11.5 Å². The maximum absolute atomic E-state index is 14.7. The van der Waals surface area contributed by atoms with Gasteiger partial charge in [0.05, 0.1) is 23.4 Å². The summed E-state index contributed by atoms with van der Waals surface area (Å²) < 4.78 is 53.9. The summed E-state index contributed by atoms with van der Waals surface area (Å²) >= 11 is 0. The van der Waals surface area contributed by atoms with Crippen LogP contribution in [0.25, 0.3) is 0 Å². The Hall–Kier alpha value is -4.70. The minimum Gasteiger partial charge on any atom is -0.490 e. The molecule has 1 amide bonds. The fourth-order valence-corrected chi connectivity index (χ4v) is 5.29. The molecule has 0 saturated heterocycles. The number of hydrogen-bond acceptors (Lipinski definition) is 6. The molecule has 0 saturated carbocycles. The fraction of sp³-hybridized carbons (Fsp3) is 0.161. The van der Waals surface area contributed by atoms with Crippen molar-refractivity contribution in [3.05, 3.63) is 120 Å². The van der Waals surface area contributed by atoms with Crippen LogP contribution in [0, 0.1) is 12.7 Å². The van der Waals surface area contributed by atoms with Gasteiger partial charge in [-0.3, -0.25) is 9.10 Å². The first-order valence-corrected chi connectivity index (χ1v) is 14.3. The molecule has 0 aliphatic carbocycles. The number of carbonyl (C=O) groups excluding carboxylic acids is 1. The van der Waals surface area contributed by atoms with Gasteiger partial charge in [-0.2, -0.15) is 5.10 Å². The molecule has 0 radical (unpaired) electrons. The molecule has 0 aliphatic rings. The van der Waals surface area contributed by atoms with Gasteiger partial charge in [0, 0.05) is 0 Å². The zero-order valence-corrected chi connectivity index (χ0v) is 23.5. The monoisotopic (exact) mass is 575 g/mol. The molecule has 0 atom stereocenters. The molecule has 0 heterocycles. The first kappa shape index (κ1) is 29.3. The number of amides is 1. The number of aryl methyl sites for hydroxylation is 1. The molecule has 41 heavy (non-hydrogen) atoms. The summed E-state index contributed by atoms with van der Waals surface area (Å²) in [5.41, 5.74) is 4.56. The van der Waals surface area contributed by atoms with Crippen LogP contribution in [0.15, 0.2) is 107 Å². The highest BCUT2D eigenvalue weighted by atomic mass is 32.2. The predicted octanol–water partition coefficient (Wildman–Crippen LogP) is 5.46. The second kappa shape index (κ2) is 13.6. The van der Waals surface area contributed by atoms with Crippen molar-refractivity contribution < 1.29 is 27.1 Å². The van der Waals surface area contributed by atoms with Crippen LogP contribution in [-0.2, 0) is 21.4 Å². The molecule has 0 spiro atoms. The standard InChI is InChI=1S/C31H30FN3O5S/c1-3-39-30-19-25(15-18-29(30)40-22-24-9-5-4-6-10-24)20-33-34-31(36)21-35(28-12-8-7-11-27(28)32)41(37,38)26-16-13-23(2)14-17-26/h4-20H,3,21-22H2,1-2H3,(H,34,36)/b33-20-. The number of nitrogens with zero attached hydrogens (tertiary/aromatic N) is 2. The van der Waals surface area contributed by atoms with E-state index in [0.717, 1.165) is 21.5 Å².